The Morgan fingerprint density at radius 2 is 0.701 bits per heavy atom. The molecule has 0 amide bonds. The number of nitrogens with zero attached hydrogens (tertiary/aromatic N) is 2. The van der Waals surface area contributed by atoms with Crippen LogP contribution in [0.2, 0.25) is 0 Å². The second-order valence-electron chi connectivity index (χ2n) is 17.6. The van der Waals surface area contributed by atoms with Gasteiger partial charge in [0.05, 0.1) is 16.8 Å². The van der Waals surface area contributed by atoms with Crippen LogP contribution in [-0.2, 0) is 5.41 Å². The lowest BCUT2D eigenvalue weighted by molar-refractivity contribution is 0.769. The first-order valence-corrected chi connectivity index (χ1v) is 23.1. The zero-order valence-corrected chi connectivity index (χ0v) is 36.6. The molecule has 0 spiro atoms. The summed E-state index contributed by atoms with van der Waals surface area (Å²) < 4.78 is 0. The van der Waals surface area contributed by atoms with Crippen LogP contribution in [0.4, 0.5) is 0 Å². The Hall–Kier alpha value is -8.72. The maximum absolute atomic E-state index is 5.53. The fourth-order valence-electron chi connectivity index (χ4n) is 10.9. The zero-order chi connectivity index (χ0) is 44.3. The average Bonchev–Trinajstić information content (AvgIpc) is 3.71. The fraction of sp³-hybridized carbons (Fsp3) is 0.0154. The molecule has 0 atom stereocenters. The van der Waals surface area contributed by atoms with Crippen LogP contribution < -0.4 is 0 Å². The molecule has 0 radical (unpaired) electrons. The number of rotatable bonds is 7. The van der Waals surface area contributed by atoms with Crippen molar-refractivity contribution in [1.82, 2.24) is 9.97 Å². The highest BCUT2D eigenvalue weighted by molar-refractivity contribution is 6.25. The molecule has 67 heavy (non-hydrogen) atoms. The number of hydrogen-bond donors (Lipinski definition) is 0. The third kappa shape index (κ3) is 6.26. The molecule has 0 N–H and O–H groups in total. The van der Waals surface area contributed by atoms with Crippen LogP contribution in [0, 0.1) is 0 Å². The second kappa shape index (κ2) is 15.8. The maximum atomic E-state index is 5.53. The molecule has 2 nitrogen and oxygen atoms in total. The highest BCUT2D eigenvalue weighted by Crippen LogP contribution is 2.58. The molecule has 13 rings (SSSR count). The average molecular weight is 851 g/mol. The first kappa shape index (κ1) is 38.7. The van der Waals surface area contributed by atoms with Gasteiger partial charge >= 0.3 is 0 Å². The standard InChI is InChI=1S/C65H42N2/c1-5-19-43(20-6-1)44-33-35-45(36-34-44)62-42-63(67-64(66-62)46-21-7-2-8-22-46)59-40-58-55-31-17-18-32-60(55)65(48-23-9-3-10-24-48,49-25-11-4-12-26-49)61(58)41-56(59)47-37-38-54-52-29-14-13-27-50(52)51-28-15-16-30-53(51)57(54)39-47/h1-42H. The summed E-state index contributed by atoms with van der Waals surface area (Å²) >= 11 is 0. The summed E-state index contributed by atoms with van der Waals surface area (Å²) in [5, 5.41) is 7.49. The lowest BCUT2D eigenvalue weighted by Gasteiger charge is -2.34. The van der Waals surface area contributed by atoms with E-state index in [1.165, 1.54) is 76.8 Å². The molecule has 0 unspecified atom stereocenters. The highest BCUT2D eigenvalue weighted by atomic mass is 14.9. The van der Waals surface area contributed by atoms with Crippen LogP contribution in [0.3, 0.4) is 0 Å². The summed E-state index contributed by atoms with van der Waals surface area (Å²) in [7, 11) is 0. The molecule has 1 aliphatic carbocycles. The Kier molecular flexibility index (Phi) is 9.11. The fourth-order valence-corrected chi connectivity index (χ4v) is 10.9. The topological polar surface area (TPSA) is 25.8 Å². The quantitative estimate of drug-likeness (QED) is 0.149. The van der Waals surface area contributed by atoms with E-state index in [4.69, 9.17) is 9.97 Å². The normalized spacial score (nSPS) is 12.6. The van der Waals surface area contributed by atoms with E-state index in [1.54, 1.807) is 0 Å². The minimum absolute atomic E-state index is 0.575. The molecule has 312 valence electrons. The van der Waals surface area contributed by atoms with Gasteiger partial charge < -0.3 is 0 Å². The summed E-state index contributed by atoms with van der Waals surface area (Å²) in [6, 6.07) is 92.7. The van der Waals surface area contributed by atoms with Crippen molar-refractivity contribution >= 4 is 32.3 Å². The lowest BCUT2D eigenvalue weighted by Crippen LogP contribution is -2.28. The molecular formula is C65H42N2. The number of benzene rings is 11. The van der Waals surface area contributed by atoms with Gasteiger partial charge in [0.2, 0.25) is 0 Å². The minimum atomic E-state index is -0.575. The van der Waals surface area contributed by atoms with Crippen molar-refractivity contribution in [3.63, 3.8) is 0 Å². The second-order valence-corrected chi connectivity index (χ2v) is 17.6. The number of fused-ring (bicyclic) bond motifs is 9. The Balaban J connectivity index is 1.13. The molecule has 2 heteroatoms. The summed E-state index contributed by atoms with van der Waals surface area (Å²) in [5.41, 5.74) is 16.2. The van der Waals surface area contributed by atoms with Crippen LogP contribution >= 0.6 is 0 Å². The molecule has 1 aliphatic rings. The number of hydrogen-bond acceptors (Lipinski definition) is 2. The molecule has 0 fully saturated rings. The smallest absolute Gasteiger partial charge is 0.160 e. The van der Waals surface area contributed by atoms with Gasteiger partial charge in [0.1, 0.15) is 0 Å². The van der Waals surface area contributed by atoms with Crippen LogP contribution in [0.5, 0.6) is 0 Å². The Morgan fingerprint density at radius 1 is 0.239 bits per heavy atom. The van der Waals surface area contributed by atoms with E-state index in [0.29, 0.717) is 5.82 Å². The summed E-state index contributed by atoms with van der Waals surface area (Å²) in [5.74, 6) is 0.686. The molecule has 0 saturated heterocycles. The highest BCUT2D eigenvalue weighted by Gasteiger charge is 2.46. The van der Waals surface area contributed by atoms with Crippen molar-refractivity contribution in [2.75, 3.05) is 0 Å². The van der Waals surface area contributed by atoms with E-state index in [9.17, 15) is 0 Å². The van der Waals surface area contributed by atoms with E-state index < -0.39 is 5.41 Å². The molecular weight excluding hydrogens is 809 g/mol. The molecule has 1 heterocycles. The van der Waals surface area contributed by atoms with Crippen LogP contribution in [0.15, 0.2) is 255 Å². The van der Waals surface area contributed by atoms with Crippen molar-refractivity contribution in [3.05, 3.63) is 277 Å². The molecule has 11 aromatic carbocycles. The predicted octanol–water partition coefficient (Wildman–Crippen LogP) is 16.6. The van der Waals surface area contributed by atoms with E-state index in [1.807, 2.05) is 6.07 Å². The molecule has 1 aromatic heterocycles. The van der Waals surface area contributed by atoms with Crippen molar-refractivity contribution in [2.45, 2.75) is 5.41 Å². The summed E-state index contributed by atoms with van der Waals surface area (Å²) in [4.78, 5) is 10.8. The van der Waals surface area contributed by atoms with Crippen molar-refractivity contribution in [1.29, 1.82) is 0 Å². The molecule has 12 aromatic rings. The first-order valence-electron chi connectivity index (χ1n) is 23.1. The monoisotopic (exact) mass is 850 g/mol. The zero-order valence-electron chi connectivity index (χ0n) is 36.6. The third-order valence-corrected chi connectivity index (χ3v) is 14.0. The Bertz CT molecular complexity index is 3750. The molecule has 0 aliphatic heterocycles. The van der Waals surface area contributed by atoms with Gasteiger partial charge in [-0.3, -0.25) is 0 Å². The van der Waals surface area contributed by atoms with Crippen molar-refractivity contribution in [3.8, 4) is 67.3 Å². The van der Waals surface area contributed by atoms with Crippen LogP contribution in [0.25, 0.3) is 99.6 Å². The van der Waals surface area contributed by atoms with Crippen molar-refractivity contribution in [2.24, 2.45) is 0 Å². The van der Waals surface area contributed by atoms with Gasteiger partial charge in [-0.2, -0.15) is 0 Å². The summed E-state index contributed by atoms with van der Waals surface area (Å²) in [6.07, 6.45) is 0. The lowest BCUT2D eigenvalue weighted by atomic mass is 9.67. The van der Waals surface area contributed by atoms with Gasteiger partial charge in [-0.25, -0.2) is 9.97 Å². The van der Waals surface area contributed by atoms with Gasteiger partial charge in [0.25, 0.3) is 0 Å². The van der Waals surface area contributed by atoms with Gasteiger partial charge in [-0.05, 0) is 112 Å². The molecule has 0 bridgehead atoms. The van der Waals surface area contributed by atoms with E-state index in [0.717, 1.165) is 39.2 Å². The third-order valence-electron chi connectivity index (χ3n) is 14.0. The Labute approximate surface area is 390 Å². The van der Waals surface area contributed by atoms with Gasteiger partial charge in [0, 0.05) is 16.7 Å². The van der Waals surface area contributed by atoms with E-state index in [2.05, 4.69) is 249 Å². The van der Waals surface area contributed by atoms with Crippen LogP contribution in [0.1, 0.15) is 22.3 Å². The van der Waals surface area contributed by atoms with Crippen molar-refractivity contribution < 1.29 is 0 Å². The Morgan fingerprint density at radius 3 is 1.33 bits per heavy atom. The van der Waals surface area contributed by atoms with Gasteiger partial charge in [-0.15, -0.1) is 0 Å². The predicted molar refractivity (Wildman–Crippen MR) is 279 cm³/mol. The number of aromatic nitrogens is 2. The van der Waals surface area contributed by atoms with E-state index in [-0.39, 0.29) is 0 Å². The summed E-state index contributed by atoms with van der Waals surface area (Å²) in [6.45, 7) is 0. The minimum Gasteiger partial charge on any atom is -0.228 e. The van der Waals surface area contributed by atoms with Gasteiger partial charge in [0.15, 0.2) is 5.82 Å². The SMILES string of the molecule is c1ccc(-c2ccc(-c3cc(-c4cc5c(cc4-c4ccc6c7ccccc7c7ccccc7c6c4)C(c4ccccc4)(c4ccccc4)c4ccccc4-5)nc(-c4ccccc4)n3)cc2)cc1. The van der Waals surface area contributed by atoms with Crippen LogP contribution in [-0.4, -0.2) is 9.97 Å². The van der Waals surface area contributed by atoms with Gasteiger partial charge in [-0.1, -0.05) is 231 Å². The molecule has 0 saturated carbocycles. The largest absolute Gasteiger partial charge is 0.228 e. The maximum Gasteiger partial charge on any atom is 0.160 e. The first-order chi connectivity index (χ1) is 33.2. The van der Waals surface area contributed by atoms with E-state index >= 15 is 0 Å².